The van der Waals surface area contributed by atoms with Crippen molar-refractivity contribution in [2.75, 3.05) is 17.3 Å². The Morgan fingerprint density at radius 1 is 1.20 bits per heavy atom. The van der Waals surface area contributed by atoms with E-state index in [4.69, 9.17) is 0 Å². The molecule has 0 saturated heterocycles. The third-order valence-electron chi connectivity index (χ3n) is 3.39. The fraction of sp³-hybridized carbons (Fsp3) is 0.267. The number of benzene rings is 1. The van der Waals surface area contributed by atoms with Crippen molar-refractivity contribution in [3.05, 3.63) is 46.8 Å². The molecule has 0 unspecified atom stereocenters. The predicted molar refractivity (Wildman–Crippen MR) is 78.0 cm³/mol. The summed E-state index contributed by atoms with van der Waals surface area (Å²) in [6, 6.07) is 6.13. The highest BCUT2D eigenvalue weighted by molar-refractivity contribution is 6.09. The number of nitrogens with one attached hydrogen (secondary N) is 1. The van der Waals surface area contributed by atoms with Gasteiger partial charge in [-0.2, -0.15) is 0 Å². The zero-order valence-corrected chi connectivity index (χ0v) is 11.8. The van der Waals surface area contributed by atoms with E-state index in [-0.39, 0.29) is 5.91 Å². The molecule has 102 valence electrons. The monoisotopic (exact) mass is 268 g/mol. The van der Waals surface area contributed by atoms with Crippen molar-refractivity contribution in [2.24, 2.45) is 0 Å². The molecule has 1 aromatic carbocycles. The molecule has 0 saturated carbocycles. The Kier molecular flexibility index (Phi) is 2.89. The van der Waals surface area contributed by atoms with Crippen molar-refractivity contribution in [2.45, 2.75) is 20.4 Å². The van der Waals surface area contributed by atoms with Gasteiger partial charge in [-0.1, -0.05) is 6.07 Å². The molecule has 1 N–H and O–H groups in total. The molecule has 5 nitrogen and oxygen atoms in total. The van der Waals surface area contributed by atoms with E-state index in [1.54, 1.807) is 18.1 Å². The van der Waals surface area contributed by atoms with Crippen LogP contribution in [0, 0.1) is 13.8 Å². The van der Waals surface area contributed by atoms with Crippen molar-refractivity contribution in [1.82, 2.24) is 9.97 Å². The predicted octanol–water partition coefficient (Wildman–Crippen LogP) is 2.30. The first-order valence-electron chi connectivity index (χ1n) is 6.52. The fourth-order valence-corrected chi connectivity index (χ4v) is 2.52. The summed E-state index contributed by atoms with van der Waals surface area (Å²) in [6.07, 6.45) is 1.60. The standard InChI is InChI=1S/C15H16N4O/c1-9-4-10(2)6-11(5-9)19-8-13-12(14(19)20)7-17-15(16-3)18-13/h4-7H,8H2,1-3H3,(H,16,17,18). The molecule has 1 aliphatic rings. The zero-order valence-electron chi connectivity index (χ0n) is 11.8. The molecule has 0 fully saturated rings. The second-order valence-electron chi connectivity index (χ2n) is 5.04. The van der Waals surface area contributed by atoms with Crippen LogP contribution in [0.15, 0.2) is 24.4 Å². The van der Waals surface area contributed by atoms with Crippen molar-refractivity contribution in [1.29, 1.82) is 0 Å². The van der Waals surface area contributed by atoms with E-state index in [2.05, 4.69) is 21.4 Å². The summed E-state index contributed by atoms with van der Waals surface area (Å²) in [4.78, 5) is 22.7. The molecule has 0 spiro atoms. The van der Waals surface area contributed by atoms with Gasteiger partial charge < -0.3 is 10.2 Å². The second-order valence-corrected chi connectivity index (χ2v) is 5.04. The van der Waals surface area contributed by atoms with Gasteiger partial charge in [-0.3, -0.25) is 4.79 Å². The molecular formula is C15H16N4O. The topological polar surface area (TPSA) is 58.1 Å². The number of anilines is 2. The number of carbonyl (C=O) groups is 1. The third-order valence-corrected chi connectivity index (χ3v) is 3.39. The molecule has 0 radical (unpaired) electrons. The van der Waals surface area contributed by atoms with Crippen LogP contribution in [-0.2, 0) is 6.54 Å². The van der Waals surface area contributed by atoms with Crippen LogP contribution in [0.2, 0.25) is 0 Å². The van der Waals surface area contributed by atoms with Gasteiger partial charge in [0.1, 0.15) is 0 Å². The Balaban J connectivity index is 2.00. The Morgan fingerprint density at radius 2 is 1.90 bits per heavy atom. The number of aryl methyl sites for hydroxylation is 2. The van der Waals surface area contributed by atoms with E-state index in [0.29, 0.717) is 18.1 Å². The van der Waals surface area contributed by atoms with Gasteiger partial charge in [0, 0.05) is 18.9 Å². The summed E-state index contributed by atoms with van der Waals surface area (Å²) >= 11 is 0. The summed E-state index contributed by atoms with van der Waals surface area (Å²) in [5.74, 6) is 0.506. The van der Waals surface area contributed by atoms with Gasteiger partial charge in [0.05, 0.1) is 17.8 Å². The van der Waals surface area contributed by atoms with E-state index in [1.807, 2.05) is 26.0 Å². The molecule has 0 bridgehead atoms. The van der Waals surface area contributed by atoms with Crippen LogP contribution >= 0.6 is 0 Å². The Labute approximate surface area is 117 Å². The van der Waals surface area contributed by atoms with Crippen LogP contribution in [0.5, 0.6) is 0 Å². The molecule has 5 heteroatoms. The number of nitrogens with zero attached hydrogens (tertiary/aromatic N) is 3. The highest BCUT2D eigenvalue weighted by atomic mass is 16.2. The van der Waals surface area contributed by atoms with Gasteiger partial charge in [0.15, 0.2) is 0 Å². The average Bonchev–Trinajstić information content (AvgIpc) is 2.74. The zero-order chi connectivity index (χ0) is 14.3. The first-order chi connectivity index (χ1) is 9.58. The van der Waals surface area contributed by atoms with Crippen LogP contribution in [0.3, 0.4) is 0 Å². The Bertz CT molecular complexity index is 676. The summed E-state index contributed by atoms with van der Waals surface area (Å²) in [7, 11) is 1.76. The molecular weight excluding hydrogens is 252 g/mol. The lowest BCUT2D eigenvalue weighted by Gasteiger charge is -2.16. The van der Waals surface area contributed by atoms with Gasteiger partial charge in [0.25, 0.3) is 5.91 Å². The second kappa shape index (κ2) is 4.59. The molecule has 0 aliphatic carbocycles. The van der Waals surface area contributed by atoms with Gasteiger partial charge in [-0.15, -0.1) is 0 Å². The number of hydrogen-bond donors (Lipinski definition) is 1. The molecule has 20 heavy (non-hydrogen) atoms. The van der Waals surface area contributed by atoms with Crippen molar-refractivity contribution in [3.8, 4) is 0 Å². The minimum absolute atomic E-state index is 0.0346. The number of amides is 1. The number of aromatic nitrogens is 2. The first-order valence-corrected chi connectivity index (χ1v) is 6.52. The van der Waals surface area contributed by atoms with Gasteiger partial charge in [-0.25, -0.2) is 9.97 Å². The first kappa shape index (κ1) is 12.6. The van der Waals surface area contributed by atoms with Crippen molar-refractivity contribution < 1.29 is 4.79 Å². The van der Waals surface area contributed by atoms with E-state index >= 15 is 0 Å². The van der Waals surface area contributed by atoms with Crippen LogP contribution in [-0.4, -0.2) is 22.9 Å². The number of hydrogen-bond acceptors (Lipinski definition) is 4. The van der Waals surface area contributed by atoms with Gasteiger partial charge in [-0.05, 0) is 37.1 Å². The molecule has 2 heterocycles. The summed E-state index contributed by atoms with van der Waals surface area (Å²) in [6.45, 7) is 4.56. The summed E-state index contributed by atoms with van der Waals surface area (Å²) in [5.41, 5.74) is 4.56. The molecule has 3 rings (SSSR count). The SMILES string of the molecule is CNc1ncc2c(n1)CN(c1cc(C)cc(C)c1)C2=O. The van der Waals surface area contributed by atoms with Crippen LogP contribution in [0.4, 0.5) is 11.6 Å². The van der Waals surface area contributed by atoms with Crippen LogP contribution in [0.25, 0.3) is 0 Å². The van der Waals surface area contributed by atoms with Crippen molar-refractivity contribution >= 4 is 17.5 Å². The Morgan fingerprint density at radius 3 is 2.55 bits per heavy atom. The van der Waals surface area contributed by atoms with E-state index in [0.717, 1.165) is 22.5 Å². The van der Waals surface area contributed by atoms with E-state index < -0.39 is 0 Å². The molecule has 2 aromatic rings. The highest BCUT2D eigenvalue weighted by Gasteiger charge is 2.30. The van der Waals surface area contributed by atoms with Crippen molar-refractivity contribution in [3.63, 3.8) is 0 Å². The fourth-order valence-electron chi connectivity index (χ4n) is 2.52. The minimum Gasteiger partial charge on any atom is -0.357 e. The van der Waals surface area contributed by atoms with Crippen LogP contribution < -0.4 is 10.2 Å². The van der Waals surface area contributed by atoms with Gasteiger partial charge in [0.2, 0.25) is 5.95 Å². The summed E-state index contributed by atoms with van der Waals surface area (Å²) < 4.78 is 0. The number of carbonyl (C=O) groups excluding carboxylic acids is 1. The van der Waals surface area contributed by atoms with Gasteiger partial charge >= 0.3 is 0 Å². The average molecular weight is 268 g/mol. The maximum Gasteiger partial charge on any atom is 0.262 e. The lowest BCUT2D eigenvalue weighted by molar-refractivity contribution is 0.0996. The molecule has 1 aromatic heterocycles. The molecule has 0 atom stereocenters. The largest absolute Gasteiger partial charge is 0.357 e. The van der Waals surface area contributed by atoms with E-state index in [1.165, 1.54) is 0 Å². The smallest absolute Gasteiger partial charge is 0.262 e. The number of fused-ring (bicyclic) bond motifs is 1. The maximum atomic E-state index is 12.4. The normalized spacial score (nSPS) is 13.6. The quantitative estimate of drug-likeness (QED) is 0.908. The molecule has 1 aliphatic heterocycles. The lowest BCUT2D eigenvalue weighted by Crippen LogP contribution is -2.23. The maximum absolute atomic E-state index is 12.4. The third kappa shape index (κ3) is 2.01. The van der Waals surface area contributed by atoms with Crippen LogP contribution in [0.1, 0.15) is 27.2 Å². The highest BCUT2D eigenvalue weighted by Crippen LogP contribution is 2.28. The number of rotatable bonds is 2. The lowest BCUT2D eigenvalue weighted by atomic mass is 10.1. The van der Waals surface area contributed by atoms with E-state index in [9.17, 15) is 4.79 Å². The Hall–Kier alpha value is -2.43. The summed E-state index contributed by atoms with van der Waals surface area (Å²) in [5, 5.41) is 2.89. The molecule has 1 amide bonds. The minimum atomic E-state index is -0.0346.